The van der Waals surface area contributed by atoms with E-state index in [4.69, 9.17) is 11.6 Å². The van der Waals surface area contributed by atoms with E-state index >= 15 is 0 Å². The lowest BCUT2D eigenvalue weighted by atomic mass is 9.98. The Hall–Kier alpha value is -2.62. The number of rotatable bonds is 5. The summed E-state index contributed by atoms with van der Waals surface area (Å²) in [6.45, 7) is 2.30. The van der Waals surface area contributed by atoms with E-state index < -0.39 is 22.0 Å². The molecule has 2 aromatic carbocycles. The van der Waals surface area contributed by atoms with Gasteiger partial charge in [0.25, 0.3) is 0 Å². The van der Waals surface area contributed by atoms with Gasteiger partial charge in [-0.25, -0.2) is 13.2 Å². The van der Waals surface area contributed by atoms with Crippen LogP contribution in [0.3, 0.4) is 0 Å². The van der Waals surface area contributed by atoms with Crippen LogP contribution in [0.25, 0.3) is 0 Å². The Bertz CT molecular complexity index is 1070. The highest BCUT2D eigenvalue weighted by molar-refractivity contribution is 7.89. The Labute approximate surface area is 186 Å². The van der Waals surface area contributed by atoms with Crippen molar-refractivity contribution in [2.24, 2.45) is 5.92 Å². The molecule has 1 atom stereocenters. The van der Waals surface area contributed by atoms with E-state index in [2.05, 4.69) is 15.4 Å². The van der Waals surface area contributed by atoms with Crippen molar-refractivity contribution >= 4 is 45.0 Å². The fourth-order valence-corrected chi connectivity index (χ4v) is 5.02. The van der Waals surface area contributed by atoms with Crippen molar-refractivity contribution in [3.05, 3.63) is 53.1 Å². The maximum absolute atomic E-state index is 13.1. The number of aryl methyl sites for hydroxylation is 1. The van der Waals surface area contributed by atoms with Gasteiger partial charge in [0, 0.05) is 29.5 Å². The Balaban J connectivity index is 1.69. The second-order valence-electron chi connectivity index (χ2n) is 7.30. The summed E-state index contributed by atoms with van der Waals surface area (Å²) >= 11 is 6.11. The summed E-state index contributed by atoms with van der Waals surface area (Å²) in [4.78, 5) is 24.1. The quantitative estimate of drug-likeness (QED) is 0.697. The number of anilines is 2. The maximum atomic E-state index is 13.1. The highest BCUT2D eigenvalue weighted by Gasteiger charge is 2.33. The number of sulfonamides is 1. The van der Waals surface area contributed by atoms with Crippen molar-refractivity contribution in [3.8, 4) is 0 Å². The van der Waals surface area contributed by atoms with Crippen LogP contribution in [-0.4, -0.2) is 44.9 Å². The van der Waals surface area contributed by atoms with Crippen molar-refractivity contribution in [1.82, 2.24) is 4.31 Å². The number of nitrogens with zero attached hydrogens (tertiary/aromatic N) is 1. The summed E-state index contributed by atoms with van der Waals surface area (Å²) in [5.74, 6) is -0.707. The third-order valence-electron chi connectivity index (χ3n) is 5.12. The molecule has 0 spiro atoms. The number of nitrogens with one attached hydrogen (secondary N) is 2. The molecule has 1 saturated heterocycles. The molecular weight excluding hydrogens is 442 g/mol. The molecule has 1 aliphatic rings. The number of piperidine rings is 1. The van der Waals surface area contributed by atoms with Gasteiger partial charge in [-0.05, 0) is 61.7 Å². The first-order valence-electron chi connectivity index (χ1n) is 9.73. The molecule has 2 aromatic rings. The predicted molar refractivity (Wildman–Crippen MR) is 119 cm³/mol. The number of benzene rings is 2. The van der Waals surface area contributed by atoms with Crippen molar-refractivity contribution in [2.75, 3.05) is 30.8 Å². The number of carbonyl (C=O) groups excluding carboxylic acids is 2. The van der Waals surface area contributed by atoms with Gasteiger partial charge in [0.1, 0.15) is 0 Å². The molecule has 166 valence electrons. The van der Waals surface area contributed by atoms with Crippen LogP contribution in [0.4, 0.5) is 16.2 Å². The van der Waals surface area contributed by atoms with E-state index in [0.29, 0.717) is 35.8 Å². The Morgan fingerprint density at radius 2 is 1.77 bits per heavy atom. The van der Waals surface area contributed by atoms with E-state index in [1.807, 2.05) is 13.0 Å². The molecule has 3 rings (SSSR count). The molecule has 0 radical (unpaired) electrons. The fraction of sp³-hybridized carbons (Fsp3) is 0.333. The van der Waals surface area contributed by atoms with Gasteiger partial charge < -0.3 is 10.1 Å². The van der Waals surface area contributed by atoms with Crippen molar-refractivity contribution in [2.45, 2.75) is 24.7 Å². The van der Waals surface area contributed by atoms with Crippen LogP contribution in [0, 0.1) is 12.8 Å². The van der Waals surface area contributed by atoms with Crippen LogP contribution < -0.4 is 10.6 Å². The smallest absolute Gasteiger partial charge is 0.411 e. The average molecular weight is 466 g/mol. The lowest BCUT2D eigenvalue weighted by Gasteiger charge is -2.31. The summed E-state index contributed by atoms with van der Waals surface area (Å²) in [5.41, 5.74) is 1.90. The van der Waals surface area contributed by atoms with Crippen molar-refractivity contribution in [1.29, 1.82) is 0 Å². The van der Waals surface area contributed by atoms with Gasteiger partial charge in [-0.15, -0.1) is 0 Å². The molecular formula is C21H24ClN3O5S. The first-order chi connectivity index (χ1) is 14.7. The van der Waals surface area contributed by atoms with Crippen molar-refractivity contribution < 1.29 is 22.7 Å². The minimum absolute atomic E-state index is 0.0919. The van der Waals surface area contributed by atoms with Crippen LogP contribution in [0.5, 0.6) is 0 Å². The third-order valence-corrected chi connectivity index (χ3v) is 7.40. The Morgan fingerprint density at radius 3 is 2.42 bits per heavy atom. The van der Waals surface area contributed by atoms with Gasteiger partial charge in [0.05, 0.1) is 17.9 Å². The minimum atomic E-state index is -3.78. The first-order valence-corrected chi connectivity index (χ1v) is 11.5. The topological polar surface area (TPSA) is 105 Å². The van der Waals surface area contributed by atoms with E-state index in [1.54, 1.807) is 12.1 Å². The highest BCUT2D eigenvalue weighted by atomic mass is 35.5. The van der Waals surface area contributed by atoms with E-state index in [-0.39, 0.29) is 17.3 Å². The monoisotopic (exact) mass is 465 g/mol. The first kappa shape index (κ1) is 23.1. The SMILES string of the molecule is COC(=O)Nc1ccc(S(=O)(=O)N2CCC[C@H](C(=O)Nc3ccc(C)c(Cl)c3)C2)cc1. The molecule has 1 fully saturated rings. The fourth-order valence-electron chi connectivity index (χ4n) is 3.32. The van der Waals surface area contributed by atoms with E-state index in [9.17, 15) is 18.0 Å². The lowest BCUT2D eigenvalue weighted by Crippen LogP contribution is -2.43. The molecule has 8 nitrogen and oxygen atoms in total. The number of halogens is 1. The van der Waals surface area contributed by atoms with Gasteiger partial charge in [-0.3, -0.25) is 10.1 Å². The van der Waals surface area contributed by atoms with Gasteiger partial charge in [-0.2, -0.15) is 4.31 Å². The third kappa shape index (κ3) is 5.55. The molecule has 1 aliphatic heterocycles. The molecule has 0 aliphatic carbocycles. The standard InChI is InChI=1S/C21H24ClN3O5S/c1-14-5-6-17(12-19(14)22)23-20(26)15-4-3-11-25(13-15)31(28,29)18-9-7-16(8-10-18)24-21(27)30-2/h5-10,12,15H,3-4,11,13H2,1-2H3,(H,23,26)(H,24,27)/t15-/m0/s1. The van der Waals surface area contributed by atoms with Crippen LogP contribution >= 0.6 is 11.6 Å². The molecule has 0 saturated carbocycles. The second-order valence-corrected chi connectivity index (χ2v) is 9.64. The molecule has 2 amide bonds. The maximum Gasteiger partial charge on any atom is 0.411 e. The zero-order chi connectivity index (χ0) is 22.6. The molecule has 0 aromatic heterocycles. The zero-order valence-electron chi connectivity index (χ0n) is 17.2. The van der Waals surface area contributed by atoms with Gasteiger partial charge in [0.2, 0.25) is 15.9 Å². The summed E-state index contributed by atoms with van der Waals surface area (Å²) in [5, 5.41) is 5.85. The van der Waals surface area contributed by atoms with Gasteiger partial charge in [-0.1, -0.05) is 17.7 Å². The van der Waals surface area contributed by atoms with E-state index in [1.165, 1.54) is 35.7 Å². The molecule has 1 heterocycles. The number of hydrogen-bond acceptors (Lipinski definition) is 5. The molecule has 0 unspecified atom stereocenters. The predicted octanol–water partition coefficient (Wildman–Crippen LogP) is 3.87. The minimum Gasteiger partial charge on any atom is -0.453 e. The normalized spacial score (nSPS) is 17.1. The number of hydrogen-bond donors (Lipinski definition) is 2. The van der Waals surface area contributed by atoms with Crippen LogP contribution in [0.2, 0.25) is 5.02 Å². The molecule has 2 N–H and O–H groups in total. The van der Waals surface area contributed by atoms with Gasteiger partial charge >= 0.3 is 6.09 Å². The molecule has 0 bridgehead atoms. The lowest BCUT2D eigenvalue weighted by molar-refractivity contribution is -0.120. The molecule has 31 heavy (non-hydrogen) atoms. The van der Waals surface area contributed by atoms with Crippen LogP contribution in [0.1, 0.15) is 18.4 Å². The van der Waals surface area contributed by atoms with Crippen LogP contribution in [0.15, 0.2) is 47.4 Å². The number of ether oxygens (including phenoxy) is 1. The van der Waals surface area contributed by atoms with Crippen molar-refractivity contribution in [3.63, 3.8) is 0 Å². The Kier molecular flexibility index (Phi) is 7.19. The number of carbonyl (C=O) groups is 2. The summed E-state index contributed by atoms with van der Waals surface area (Å²) in [6, 6.07) is 11.1. The summed E-state index contributed by atoms with van der Waals surface area (Å²) in [6.07, 6.45) is 0.531. The molecule has 10 heteroatoms. The highest BCUT2D eigenvalue weighted by Crippen LogP contribution is 2.26. The number of methoxy groups -OCH3 is 1. The largest absolute Gasteiger partial charge is 0.453 e. The second kappa shape index (κ2) is 9.67. The van der Waals surface area contributed by atoms with E-state index in [0.717, 1.165) is 5.56 Å². The zero-order valence-corrected chi connectivity index (χ0v) is 18.8. The Morgan fingerprint density at radius 1 is 1.10 bits per heavy atom. The summed E-state index contributed by atoms with van der Waals surface area (Å²) < 4.78 is 31.9. The van der Waals surface area contributed by atoms with Gasteiger partial charge in [0.15, 0.2) is 0 Å². The summed E-state index contributed by atoms with van der Waals surface area (Å²) in [7, 11) is -2.54. The average Bonchev–Trinajstić information content (AvgIpc) is 2.76. The van der Waals surface area contributed by atoms with Crippen LogP contribution in [-0.2, 0) is 19.6 Å². The number of amides is 2.